The summed E-state index contributed by atoms with van der Waals surface area (Å²) in [5, 5.41) is 14.7. The second-order valence-electron chi connectivity index (χ2n) is 12.6. The average Bonchev–Trinajstić information content (AvgIpc) is 3.75. The molecule has 6 aromatic rings. The van der Waals surface area contributed by atoms with Gasteiger partial charge in [-0.05, 0) is 122 Å². The third kappa shape index (κ3) is 7.54. The number of nitriles is 1. The molecule has 0 spiro atoms. The van der Waals surface area contributed by atoms with Gasteiger partial charge in [0.15, 0.2) is 5.76 Å². The van der Waals surface area contributed by atoms with E-state index in [1.807, 2.05) is 36.5 Å². The Bertz CT molecular complexity index is 2300. The van der Waals surface area contributed by atoms with Crippen LogP contribution in [0.3, 0.4) is 0 Å². The number of fused-ring (bicyclic) bond motifs is 2. The van der Waals surface area contributed by atoms with Gasteiger partial charge >= 0.3 is 0 Å². The summed E-state index contributed by atoms with van der Waals surface area (Å²) in [5.74, 6) is -1.20. The summed E-state index contributed by atoms with van der Waals surface area (Å²) in [6.07, 6.45) is 4.66. The van der Waals surface area contributed by atoms with Gasteiger partial charge in [-0.15, -0.1) is 0 Å². The third-order valence-electron chi connectivity index (χ3n) is 9.29. The summed E-state index contributed by atoms with van der Waals surface area (Å²) < 4.78 is 7.43. The molecule has 9 nitrogen and oxygen atoms in total. The summed E-state index contributed by atoms with van der Waals surface area (Å²) in [6, 6.07) is 28.4. The number of aromatic nitrogens is 1. The first-order valence-corrected chi connectivity index (χ1v) is 17.5. The minimum absolute atomic E-state index is 0.0671. The zero-order valence-corrected chi connectivity index (χ0v) is 29.1. The fraction of sp³-hybridized carbons (Fsp3) is 0.200. The lowest BCUT2D eigenvalue weighted by atomic mass is 10.0. The van der Waals surface area contributed by atoms with Crippen molar-refractivity contribution in [3.05, 3.63) is 135 Å². The molecular formula is C40H33Cl2N5O4. The number of anilines is 1. The minimum atomic E-state index is -0.606. The van der Waals surface area contributed by atoms with E-state index in [0.717, 1.165) is 79.5 Å². The predicted molar refractivity (Wildman–Crippen MR) is 199 cm³/mol. The molecule has 256 valence electrons. The molecule has 7 rings (SSSR count). The van der Waals surface area contributed by atoms with Crippen LogP contribution in [-0.4, -0.2) is 59.9 Å². The molecule has 2 aromatic heterocycles. The molecule has 3 heterocycles. The van der Waals surface area contributed by atoms with Gasteiger partial charge in [-0.2, -0.15) is 5.26 Å². The van der Waals surface area contributed by atoms with Crippen molar-refractivity contribution in [3.63, 3.8) is 0 Å². The Morgan fingerprint density at radius 2 is 1.49 bits per heavy atom. The normalized spacial score (nSPS) is 13.4. The van der Waals surface area contributed by atoms with Crippen molar-refractivity contribution in [2.24, 2.45) is 0 Å². The van der Waals surface area contributed by atoms with Crippen LogP contribution in [0.1, 0.15) is 55.2 Å². The number of hydrogen-bond acceptors (Lipinski definition) is 7. The van der Waals surface area contributed by atoms with E-state index in [9.17, 15) is 19.6 Å². The number of furan rings is 1. The number of amides is 2. The number of benzene rings is 4. The molecule has 4 aromatic carbocycles. The number of carbonyl (C=O) groups is 3. The van der Waals surface area contributed by atoms with Crippen LogP contribution < -0.4 is 10.2 Å². The van der Waals surface area contributed by atoms with Crippen LogP contribution in [0.2, 0.25) is 10.0 Å². The Balaban J connectivity index is 0.925. The van der Waals surface area contributed by atoms with Gasteiger partial charge in [0.25, 0.3) is 17.7 Å². The molecule has 0 aliphatic carbocycles. The molecule has 2 amide bonds. The zero-order chi connectivity index (χ0) is 35.5. The number of imide groups is 1. The molecule has 11 heteroatoms. The Hall–Kier alpha value is -5.40. The van der Waals surface area contributed by atoms with Gasteiger partial charge in [0.1, 0.15) is 5.58 Å². The number of rotatable bonds is 9. The van der Waals surface area contributed by atoms with Crippen molar-refractivity contribution in [2.45, 2.75) is 19.3 Å². The molecule has 1 N–H and O–H groups in total. The van der Waals surface area contributed by atoms with Gasteiger partial charge in [0.05, 0.1) is 17.1 Å². The molecule has 0 radical (unpaired) electrons. The Morgan fingerprint density at radius 1 is 0.784 bits per heavy atom. The number of nitrogens with zero attached hydrogens (tertiary/aromatic N) is 4. The van der Waals surface area contributed by atoms with E-state index in [2.05, 4.69) is 21.2 Å². The number of aryl methyl sites for hydroxylation is 1. The highest BCUT2D eigenvalue weighted by Crippen LogP contribution is 2.28. The van der Waals surface area contributed by atoms with Crippen molar-refractivity contribution in [3.8, 4) is 6.07 Å². The third-order valence-corrected chi connectivity index (χ3v) is 9.80. The Labute approximate surface area is 304 Å². The molecule has 51 heavy (non-hydrogen) atoms. The smallest absolute Gasteiger partial charge is 0.293 e. The van der Waals surface area contributed by atoms with Gasteiger partial charge in [-0.1, -0.05) is 23.2 Å². The van der Waals surface area contributed by atoms with Crippen LogP contribution in [0.15, 0.2) is 102 Å². The molecule has 1 saturated heterocycles. The molecular weight excluding hydrogens is 685 g/mol. The van der Waals surface area contributed by atoms with Crippen LogP contribution in [-0.2, 0) is 6.42 Å². The number of piperazine rings is 1. The van der Waals surface area contributed by atoms with Crippen molar-refractivity contribution in [2.75, 3.05) is 37.6 Å². The highest BCUT2D eigenvalue weighted by molar-refractivity contribution is 6.31. The number of hydrogen-bond donors (Lipinski definition) is 1. The Morgan fingerprint density at radius 3 is 2.20 bits per heavy atom. The maximum absolute atomic E-state index is 13.4. The molecule has 1 fully saturated rings. The molecule has 1 aliphatic rings. The first-order chi connectivity index (χ1) is 24.7. The predicted octanol–water partition coefficient (Wildman–Crippen LogP) is 7.97. The lowest BCUT2D eigenvalue weighted by Gasteiger charge is -2.36. The highest BCUT2D eigenvalue weighted by Gasteiger charge is 2.21. The number of halogens is 2. The topological polar surface area (TPSA) is 112 Å². The van der Waals surface area contributed by atoms with Crippen LogP contribution in [0.4, 0.5) is 5.69 Å². The van der Waals surface area contributed by atoms with E-state index in [-0.39, 0.29) is 11.7 Å². The van der Waals surface area contributed by atoms with Gasteiger partial charge < -0.3 is 9.32 Å². The molecule has 0 saturated carbocycles. The summed E-state index contributed by atoms with van der Waals surface area (Å²) >= 11 is 11.9. The summed E-state index contributed by atoms with van der Waals surface area (Å²) in [6.45, 7) is 4.54. The van der Waals surface area contributed by atoms with Gasteiger partial charge in [0, 0.05) is 70.0 Å². The van der Waals surface area contributed by atoms with Crippen LogP contribution in [0.5, 0.6) is 0 Å². The maximum atomic E-state index is 13.4. The van der Waals surface area contributed by atoms with E-state index in [1.165, 1.54) is 0 Å². The van der Waals surface area contributed by atoms with E-state index < -0.39 is 11.8 Å². The van der Waals surface area contributed by atoms with Crippen molar-refractivity contribution in [1.82, 2.24) is 14.8 Å². The van der Waals surface area contributed by atoms with Crippen molar-refractivity contribution in [1.29, 1.82) is 5.26 Å². The maximum Gasteiger partial charge on any atom is 0.293 e. The largest absolute Gasteiger partial charge is 0.451 e. The quantitative estimate of drug-likeness (QED) is 0.119. The summed E-state index contributed by atoms with van der Waals surface area (Å²) in [5.41, 5.74) is 4.91. The first-order valence-electron chi connectivity index (χ1n) is 16.7. The summed E-state index contributed by atoms with van der Waals surface area (Å²) in [4.78, 5) is 43.4. The molecule has 1 aliphatic heterocycles. The zero-order valence-electron chi connectivity index (χ0n) is 27.6. The van der Waals surface area contributed by atoms with E-state index in [1.54, 1.807) is 65.2 Å². The number of carbonyl (C=O) groups excluding carboxylic acids is 3. The monoisotopic (exact) mass is 717 g/mol. The van der Waals surface area contributed by atoms with Crippen LogP contribution in [0, 0.1) is 11.3 Å². The first kappa shape index (κ1) is 34.1. The van der Waals surface area contributed by atoms with Crippen LogP contribution >= 0.6 is 23.2 Å². The van der Waals surface area contributed by atoms with Gasteiger partial charge in [-0.3, -0.25) is 29.2 Å². The lowest BCUT2D eigenvalue weighted by Crippen LogP contribution is -2.46. The minimum Gasteiger partial charge on any atom is -0.451 e. The number of unbranched alkanes of at least 4 members (excludes halogenated alkanes) is 1. The van der Waals surface area contributed by atoms with E-state index in [4.69, 9.17) is 27.6 Å². The number of nitrogens with one attached hydrogen (secondary N) is 1. The molecule has 0 atom stereocenters. The van der Waals surface area contributed by atoms with Gasteiger partial charge in [0.2, 0.25) is 0 Å². The SMILES string of the molecule is N#Cc1ccc2c(c1)c(CCCCN1CCN(c3ccc4oc(C(=O)NC(=O)c5ccc(Cl)cc5)cc4c3)CC1)cn2C(=O)c1ccc(Cl)cc1. The second kappa shape index (κ2) is 14.8. The molecule has 0 unspecified atom stereocenters. The van der Waals surface area contributed by atoms with Crippen LogP contribution in [0.25, 0.3) is 21.9 Å². The lowest BCUT2D eigenvalue weighted by molar-refractivity contribution is 0.0833. The molecule has 0 bridgehead atoms. The highest BCUT2D eigenvalue weighted by atomic mass is 35.5. The second-order valence-corrected chi connectivity index (χ2v) is 13.5. The Kier molecular flexibility index (Phi) is 9.91. The van der Waals surface area contributed by atoms with Crippen molar-refractivity contribution >= 4 is 68.5 Å². The standard InChI is InChI=1S/C40H33Cl2N5O4/c41-31-9-5-27(6-10-31)38(48)44-39(49)37-23-30-22-33(13-15-36(30)51-37)46-19-17-45(18-20-46)16-2-1-3-29-25-47(35-14-4-26(24-43)21-34(29)35)40(50)28-7-11-32(42)12-8-28/h4-15,21-23,25H,1-3,16-20H2,(H,44,48,49). The fourth-order valence-corrected chi connectivity index (χ4v) is 6.78. The van der Waals surface area contributed by atoms with E-state index >= 15 is 0 Å². The van der Waals surface area contributed by atoms with Crippen molar-refractivity contribution < 1.29 is 18.8 Å². The fourth-order valence-electron chi connectivity index (χ4n) is 6.52. The summed E-state index contributed by atoms with van der Waals surface area (Å²) in [7, 11) is 0. The van der Waals surface area contributed by atoms with E-state index in [0.29, 0.717) is 32.3 Å². The van der Waals surface area contributed by atoms with Gasteiger partial charge in [-0.25, -0.2) is 0 Å². The average molecular weight is 719 g/mol.